The highest BCUT2D eigenvalue weighted by Gasteiger charge is 2.27. The van der Waals surface area contributed by atoms with Gasteiger partial charge in [-0.25, -0.2) is 4.98 Å². The minimum Gasteiger partial charge on any atom is -0.468 e. The number of aromatic nitrogens is 1. The molecule has 1 rings (SSSR count). The number of nitrogens with one attached hydrogen (secondary N) is 1. The average Bonchev–Trinajstić information content (AvgIpc) is 2.25. The van der Waals surface area contributed by atoms with Crippen LogP contribution < -0.4 is 5.32 Å². The lowest BCUT2D eigenvalue weighted by atomic mass is 10.1. The topological polar surface area (TPSA) is 51.2 Å². The zero-order chi connectivity index (χ0) is 12.2. The first kappa shape index (κ1) is 13.1. The van der Waals surface area contributed by atoms with Gasteiger partial charge in [0.1, 0.15) is 10.1 Å². The molecule has 1 aromatic heterocycles. The molecule has 4 nitrogen and oxygen atoms in total. The number of hydrogen-bond donors (Lipinski definition) is 1. The molecule has 1 aromatic rings. The Kier molecular flexibility index (Phi) is 4.44. The normalized spacial score (nSPS) is 11.2. The van der Waals surface area contributed by atoms with E-state index in [0.29, 0.717) is 6.54 Å². The molecule has 5 heteroatoms. The number of ether oxygens (including phenoxy) is 1. The molecule has 0 aliphatic rings. The molecule has 0 bridgehead atoms. The van der Waals surface area contributed by atoms with Crippen molar-refractivity contribution < 1.29 is 9.53 Å². The van der Waals surface area contributed by atoms with E-state index in [-0.39, 0.29) is 5.97 Å². The van der Waals surface area contributed by atoms with Crippen molar-refractivity contribution in [3.63, 3.8) is 0 Å². The van der Waals surface area contributed by atoms with E-state index >= 15 is 0 Å². The number of carbonyl (C=O) groups is 1. The molecule has 0 spiro atoms. The summed E-state index contributed by atoms with van der Waals surface area (Å²) in [5.74, 6) is -0.289. The van der Waals surface area contributed by atoms with Gasteiger partial charge >= 0.3 is 5.97 Å². The average molecular weight is 287 g/mol. The lowest BCUT2D eigenvalue weighted by Gasteiger charge is -2.22. The van der Waals surface area contributed by atoms with E-state index < -0.39 is 5.54 Å². The molecule has 0 atom stereocenters. The number of nitrogens with zero attached hydrogens (tertiary/aromatic N) is 1. The van der Waals surface area contributed by atoms with Gasteiger partial charge in [0.15, 0.2) is 0 Å². The van der Waals surface area contributed by atoms with E-state index in [4.69, 9.17) is 4.74 Å². The lowest BCUT2D eigenvalue weighted by Crippen LogP contribution is -2.47. The molecule has 0 amide bonds. The van der Waals surface area contributed by atoms with Gasteiger partial charge in [0, 0.05) is 6.54 Å². The molecule has 1 N–H and O–H groups in total. The first-order chi connectivity index (χ1) is 7.45. The van der Waals surface area contributed by atoms with Crippen LogP contribution in [0.1, 0.15) is 19.5 Å². The number of rotatable bonds is 4. The van der Waals surface area contributed by atoms with E-state index in [9.17, 15) is 4.79 Å². The molecule has 0 aliphatic heterocycles. The molecule has 88 valence electrons. The predicted octanol–water partition coefficient (Wildman–Crippen LogP) is 1.89. The summed E-state index contributed by atoms with van der Waals surface area (Å²) in [5.41, 5.74) is 0.157. The zero-order valence-corrected chi connectivity index (χ0v) is 11.2. The zero-order valence-electron chi connectivity index (χ0n) is 9.58. The van der Waals surface area contributed by atoms with Gasteiger partial charge in [-0.2, -0.15) is 0 Å². The van der Waals surface area contributed by atoms with Crippen LogP contribution in [0.25, 0.3) is 0 Å². The molecular weight excluding hydrogens is 272 g/mol. The number of halogens is 1. The monoisotopic (exact) mass is 286 g/mol. The summed E-state index contributed by atoms with van der Waals surface area (Å²) in [6.07, 6.45) is 0. The summed E-state index contributed by atoms with van der Waals surface area (Å²) in [6.45, 7) is 4.06. The molecule has 16 heavy (non-hydrogen) atoms. The van der Waals surface area contributed by atoms with Crippen LogP contribution in [0.3, 0.4) is 0 Å². The summed E-state index contributed by atoms with van der Waals surface area (Å²) in [6, 6.07) is 5.65. The third-order valence-corrected chi connectivity index (χ3v) is 2.62. The quantitative estimate of drug-likeness (QED) is 0.678. The van der Waals surface area contributed by atoms with Gasteiger partial charge < -0.3 is 4.74 Å². The highest BCUT2D eigenvalue weighted by molar-refractivity contribution is 9.10. The first-order valence-corrected chi connectivity index (χ1v) is 5.70. The Morgan fingerprint density at radius 1 is 1.56 bits per heavy atom. The maximum atomic E-state index is 11.4. The number of pyridine rings is 1. The van der Waals surface area contributed by atoms with Crippen molar-refractivity contribution in [3.8, 4) is 0 Å². The van der Waals surface area contributed by atoms with Gasteiger partial charge in [-0.15, -0.1) is 0 Å². The lowest BCUT2D eigenvalue weighted by molar-refractivity contribution is -0.147. The van der Waals surface area contributed by atoms with Gasteiger partial charge in [0.05, 0.1) is 12.8 Å². The summed E-state index contributed by atoms with van der Waals surface area (Å²) in [5, 5.41) is 3.10. The Morgan fingerprint density at radius 3 is 2.81 bits per heavy atom. The van der Waals surface area contributed by atoms with Crippen LogP contribution in [0.5, 0.6) is 0 Å². The smallest absolute Gasteiger partial charge is 0.325 e. The third kappa shape index (κ3) is 3.57. The summed E-state index contributed by atoms with van der Waals surface area (Å²) >= 11 is 3.29. The van der Waals surface area contributed by atoms with Crippen molar-refractivity contribution in [3.05, 3.63) is 28.5 Å². The third-order valence-electron chi connectivity index (χ3n) is 2.18. The Balaban J connectivity index is 2.61. The van der Waals surface area contributed by atoms with Crippen LogP contribution in [0.2, 0.25) is 0 Å². The van der Waals surface area contributed by atoms with Crippen LogP contribution in [-0.4, -0.2) is 23.6 Å². The van der Waals surface area contributed by atoms with E-state index in [2.05, 4.69) is 26.2 Å². The Hall–Kier alpha value is -0.940. The minimum absolute atomic E-state index is 0.289. The molecule has 0 saturated heterocycles. The van der Waals surface area contributed by atoms with Crippen LogP contribution in [-0.2, 0) is 16.1 Å². The van der Waals surface area contributed by atoms with Gasteiger partial charge in [-0.05, 0) is 41.9 Å². The van der Waals surface area contributed by atoms with Crippen LogP contribution in [0.4, 0.5) is 0 Å². The number of esters is 1. The Bertz CT molecular complexity index is 380. The van der Waals surface area contributed by atoms with Crippen molar-refractivity contribution in [2.45, 2.75) is 25.9 Å². The molecular formula is C11H15BrN2O2. The standard InChI is InChI=1S/C11H15BrN2O2/c1-11(2,10(15)16-3)13-7-8-5-4-6-9(12)14-8/h4-6,13H,7H2,1-3H3. The molecule has 0 unspecified atom stereocenters. The fourth-order valence-corrected chi connectivity index (χ4v) is 1.57. The van der Waals surface area contributed by atoms with Crippen molar-refractivity contribution in [1.82, 2.24) is 10.3 Å². The van der Waals surface area contributed by atoms with Gasteiger partial charge in [-0.1, -0.05) is 6.07 Å². The van der Waals surface area contributed by atoms with Crippen molar-refractivity contribution >= 4 is 21.9 Å². The SMILES string of the molecule is COC(=O)C(C)(C)NCc1cccc(Br)n1. The second-order valence-corrected chi connectivity index (χ2v) is 4.73. The van der Waals surface area contributed by atoms with E-state index in [1.54, 1.807) is 13.8 Å². The van der Waals surface area contributed by atoms with Gasteiger partial charge in [-0.3, -0.25) is 10.1 Å². The number of methoxy groups -OCH3 is 1. The van der Waals surface area contributed by atoms with Gasteiger partial charge in [0.2, 0.25) is 0 Å². The fourth-order valence-electron chi connectivity index (χ4n) is 1.19. The largest absolute Gasteiger partial charge is 0.468 e. The highest BCUT2D eigenvalue weighted by Crippen LogP contribution is 2.09. The van der Waals surface area contributed by atoms with Gasteiger partial charge in [0.25, 0.3) is 0 Å². The van der Waals surface area contributed by atoms with Crippen molar-refractivity contribution in [1.29, 1.82) is 0 Å². The molecule has 0 radical (unpaired) electrons. The number of hydrogen-bond acceptors (Lipinski definition) is 4. The maximum absolute atomic E-state index is 11.4. The van der Waals surface area contributed by atoms with E-state index in [1.807, 2.05) is 18.2 Å². The number of carbonyl (C=O) groups excluding carboxylic acids is 1. The van der Waals surface area contributed by atoms with Crippen LogP contribution in [0, 0.1) is 0 Å². The van der Waals surface area contributed by atoms with E-state index in [1.165, 1.54) is 7.11 Å². The maximum Gasteiger partial charge on any atom is 0.325 e. The second kappa shape index (κ2) is 5.41. The summed E-state index contributed by atoms with van der Waals surface area (Å²) in [4.78, 5) is 15.7. The molecule has 0 aromatic carbocycles. The second-order valence-electron chi connectivity index (χ2n) is 3.92. The fraction of sp³-hybridized carbons (Fsp3) is 0.455. The molecule has 0 fully saturated rings. The summed E-state index contributed by atoms with van der Waals surface area (Å²) in [7, 11) is 1.38. The van der Waals surface area contributed by atoms with E-state index in [0.717, 1.165) is 10.3 Å². The molecule has 1 heterocycles. The minimum atomic E-state index is -0.710. The van der Waals surface area contributed by atoms with Crippen LogP contribution >= 0.6 is 15.9 Å². The molecule has 0 aliphatic carbocycles. The summed E-state index contributed by atoms with van der Waals surface area (Å²) < 4.78 is 5.48. The predicted molar refractivity (Wildman–Crippen MR) is 64.9 cm³/mol. The first-order valence-electron chi connectivity index (χ1n) is 4.90. The van der Waals surface area contributed by atoms with Crippen molar-refractivity contribution in [2.75, 3.05) is 7.11 Å². The highest BCUT2D eigenvalue weighted by atomic mass is 79.9. The van der Waals surface area contributed by atoms with Crippen molar-refractivity contribution in [2.24, 2.45) is 0 Å². The van der Waals surface area contributed by atoms with Crippen LogP contribution in [0.15, 0.2) is 22.8 Å². The molecule has 0 saturated carbocycles. The Morgan fingerprint density at radius 2 is 2.25 bits per heavy atom. The Labute approximate surface area is 104 Å².